The quantitative estimate of drug-likeness (QED) is 0.348. The molecule has 0 fully saturated rings. The van der Waals surface area contributed by atoms with Crippen LogP contribution < -0.4 is 5.73 Å². The lowest BCUT2D eigenvalue weighted by atomic mass is 10.1. The summed E-state index contributed by atoms with van der Waals surface area (Å²) in [5, 5.41) is 0. The van der Waals surface area contributed by atoms with Gasteiger partial charge in [0.25, 0.3) is 9.05 Å². The van der Waals surface area contributed by atoms with Gasteiger partial charge in [-0.1, -0.05) is 13.8 Å². The Hall–Kier alpha value is 0.110. The summed E-state index contributed by atoms with van der Waals surface area (Å²) in [6, 6.07) is 0. The van der Waals surface area contributed by atoms with E-state index in [4.69, 9.17) is 19.0 Å². The van der Waals surface area contributed by atoms with E-state index in [2.05, 4.69) is 42.7 Å². The number of amidine groups is 1. The fourth-order valence-electron chi connectivity index (χ4n) is 0.516. The van der Waals surface area contributed by atoms with Crippen molar-refractivity contribution < 1.29 is 13.3 Å². The Bertz CT molecular complexity index is 267. The Morgan fingerprint density at radius 2 is 2.00 bits per heavy atom. The van der Waals surface area contributed by atoms with E-state index >= 15 is 0 Å². The van der Waals surface area contributed by atoms with Crippen LogP contribution >= 0.6 is 12.6 Å². The molecule has 0 aliphatic rings. The summed E-state index contributed by atoms with van der Waals surface area (Å²) in [5.74, 6) is 1.92. The molecular weight excluding hydrogens is 256 g/mol. The zero-order valence-electron chi connectivity index (χ0n) is 8.79. The highest BCUT2D eigenvalue weighted by Crippen LogP contribution is 1.98. The van der Waals surface area contributed by atoms with Crippen molar-refractivity contribution in [3.05, 3.63) is 0 Å². The molecule has 0 spiro atoms. The molecule has 0 rings (SSSR count). The molecule has 0 saturated heterocycles. The topological polar surface area (TPSA) is 95.9 Å². The second kappa shape index (κ2) is 9.34. The van der Waals surface area contributed by atoms with Gasteiger partial charge in [-0.25, -0.2) is 0 Å². The van der Waals surface area contributed by atoms with Gasteiger partial charge in [0.2, 0.25) is 0 Å². The number of hydrogen-bond acceptors (Lipinski definition) is 4. The SMILES string of the molecule is CC(C)CCN=C(N)CS.O=S(O)(O)=S. The lowest BCUT2D eigenvalue weighted by molar-refractivity contribution is 0.450. The summed E-state index contributed by atoms with van der Waals surface area (Å²) in [7, 11) is -3.83. The Kier molecular flexibility index (Phi) is 10.9. The average molecular weight is 274 g/mol. The first-order chi connectivity index (χ1) is 6.66. The minimum Gasteiger partial charge on any atom is -0.387 e. The molecule has 0 aliphatic carbocycles. The second-order valence-corrected chi connectivity index (χ2v) is 5.68. The highest BCUT2D eigenvalue weighted by molar-refractivity contribution is 8.26. The third-order valence-corrected chi connectivity index (χ3v) is 1.51. The molecule has 0 amide bonds. The number of nitrogens with two attached hydrogens (primary N) is 1. The van der Waals surface area contributed by atoms with E-state index in [0.29, 0.717) is 17.5 Å². The van der Waals surface area contributed by atoms with Crippen LogP contribution in [-0.2, 0) is 20.2 Å². The maximum absolute atomic E-state index is 9.11. The Morgan fingerprint density at radius 1 is 1.60 bits per heavy atom. The number of thiol groups is 1. The van der Waals surface area contributed by atoms with Crippen LogP contribution in [0.15, 0.2) is 4.99 Å². The minimum atomic E-state index is -3.83. The van der Waals surface area contributed by atoms with E-state index in [9.17, 15) is 0 Å². The summed E-state index contributed by atoms with van der Waals surface area (Å²) in [6.07, 6.45) is 1.11. The maximum Gasteiger partial charge on any atom is 0.263 e. The third-order valence-electron chi connectivity index (χ3n) is 1.18. The van der Waals surface area contributed by atoms with Crippen molar-refractivity contribution in [1.82, 2.24) is 0 Å². The van der Waals surface area contributed by atoms with Crippen molar-refractivity contribution in [3.63, 3.8) is 0 Å². The normalized spacial score (nSPS) is 12.3. The summed E-state index contributed by atoms with van der Waals surface area (Å²) in [6.45, 7) is 5.18. The average Bonchev–Trinajstić information content (AvgIpc) is 2.00. The molecule has 4 N–H and O–H groups in total. The molecule has 8 heteroatoms. The molecule has 0 bridgehead atoms. The molecule has 0 aliphatic heterocycles. The Morgan fingerprint density at radius 3 is 2.27 bits per heavy atom. The summed E-state index contributed by atoms with van der Waals surface area (Å²) >= 11 is 7.45. The van der Waals surface area contributed by atoms with Crippen LogP contribution in [0.5, 0.6) is 0 Å². The molecule has 0 atom stereocenters. The molecule has 0 radical (unpaired) electrons. The van der Waals surface area contributed by atoms with Gasteiger partial charge in [-0.2, -0.15) is 16.8 Å². The zero-order valence-corrected chi connectivity index (χ0v) is 11.3. The number of hydrogen-bond donors (Lipinski definition) is 4. The van der Waals surface area contributed by atoms with Gasteiger partial charge < -0.3 is 5.73 Å². The third kappa shape index (κ3) is 31.5. The highest BCUT2D eigenvalue weighted by Gasteiger charge is 1.91. The predicted molar refractivity (Wildman–Crippen MR) is 70.6 cm³/mol. The predicted octanol–water partition coefficient (Wildman–Crippen LogP) is 0.998. The van der Waals surface area contributed by atoms with E-state index < -0.39 is 9.05 Å². The summed E-state index contributed by atoms with van der Waals surface area (Å²) in [4.78, 5) is 4.10. The number of nitrogens with zero attached hydrogens (tertiary/aromatic N) is 1. The van der Waals surface area contributed by atoms with Gasteiger partial charge in [0.15, 0.2) is 0 Å². The van der Waals surface area contributed by atoms with Crippen molar-refractivity contribution in [2.45, 2.75) is 20.3 Å². The minimum absolute atomic E-state index is 0.568. The van der Waals surface area contributed by atoms with Gasteiger partial charge in [0.05, 0.1) is 0 Å². The maximum atomic E-state index is 9.11. The summed E-state index contributed by atoms with van der Waals surface area (Å²) in [5.41, 5.74) is 5.43. The summed E-state index contributed by atoms with van der Waals surface area (Å²) < 4.78 is 24.0. The molecule has 0 unspecified atom stereocenters. The molecule has 15 heavy (non-hydrogen) atoms. The fraction of sp³-hybridized carbons (Fsp3) is 0.857. The van der Waals surface area contributed by atoms with Crippen molar-refractivity contribution in [1.29, 1.82) is 0 Å². The molecule has 0 aromatic heterocycles. The van der Waals surface area contributed by atoms with E-state index in [-0.39, 0.29) is 0 Å². The van der Waals surface area contributed by atoms with Crippen LogP contribution in [0.3, 0.4) is 0 Å². The molecule has 92 valence electrons. The first-order valence-corrected chi connectivity index (χ1v) is 7.29. The van der Waals surface area contributed by atoms with Crippen LogP contribution in [0.1, 0.15) is 20.3 Å². The van der Waals surface area contributed by atoms with E-state index in [1.54, 1.807) is 0 Å². The zero-order chi connectivity index (χ0) is 12.5. The van der Waals surface area contributed by atoms with Crippen LogP contribution in [-0.4, -0.2) is 31.4 Å². The fourth-order valence-corrected chi connectivity index (χ4v) is 0.616. The molecule has 0 heterocycles. The van der Waals surface area contributed by atoms with Crippen LogP contribution in [0, 0.1) is 5.92 Å². The monoisotopic (exact) mass is 274 g/mol. The number of aliphatic imine (C=N–C) groups is 1. The standard InChI is InChI=1S/C7H16N2S.H2O3S2/c1-6(2)3-4-9-7(8)5-10;1-5(2,3)4/h6,10H,3-5H2,1-2H3,(H2,8,9);(H2,1,2,3,4). The van der Waals surface area contributed by atoms with E-state index in [0.717, 1.165) is 13.0 Å². The smallest absolute Gasteiger partial charge is 0.263 e. The van der Waals surface area contributed by atoms with Crippen LogP contribution in [0.2, 0.25) is 0 Å². The van der Waals surface area contributed by atoms with Gasteiger partial charge in [-0.05, 0) is 12.3 Å². The first-order valence-electron chi connectivity index (χ1n) is 4.26. The van der Waals surface area contributed by atoms with Crippen molar-refractivity contribution in [3.8, 4) is 0 Å². The molecule has 0 aromatic rings. The van der Waals surface area contributed by atoms with Gasteiger partial charge in [-0.15, -0.1) is 0 Å². The lowest BCUT2D eigenvalue weighted by Gasteiger charge is -2.00. The van der Waals surface area contributed by atoms with Crippen molar-refractivity contribution in [2.24, 2.45) is 16.6 Å². The van der Waals surface area contributed by atoms with Crippen molar-refractivity contribution >= 4 is 38.7 Å². The van der Waals surface area contributed by atoms with E-state index in [1.165, 1.54) is 0 Å². The van der Waals surface area contributed by atoms with E-state index in [1.807, 2.05) is 0 Å². The van der Waals surface area contributed by atoms with Gasteiger partial charge >= 0.3 is 0 Å². The first kappa shape index (κ1) is 17.5. The van der Waals surface area contributed by atoms with Gasteiger partial charge in [0.1, 0.15) is 5.84 Å². The van der Waals surface area contributed by atoms with Crippen molar-refractivity contribution in [2.75, 3.05) is 12.3 Å². The second-order valence-electron chi connectivity index (χ2n) is 3.16. The molecular formula is C7H18N2O3S3. The molecule has 0 aromatic carbocycles. The highest BCUT2D eigenvalue weighted by atomic mass is 32.9. The Labute approximate surface area is 101 Å². The molecule has 0 saturated carbocycles. The Balaban J connectivity index is 0. The number of rotatable bonds is 4. The molecule has 5 nitrogen and oxygen atoms in total. The van der Waals surface area contributed by atoms with Gasteiger partial charge in [-0.3, -0.25) is 14.1 Å². The largest absolute Gasteiger partial charge is 0.387 e. The van der Waals surface area contributed by atoms with Crippen LogP contribution in [0.25, 0.3) is 0 Å². The van der Waals surface area contributed by atoms with Gasteiger partial charge in [0, 0.05) is 23.5 Å². The van der Waals surface area contributed by atoms with Crippen LogP contribution in [0.4, 0.5) is 0 Å². The lowest BCUT2D eigenvalue weighted by Crippen LogP contribution is -2.14.